The van der Waals surface area contributed by atoms with Gasteiger partial charge in [0.05, 0.1) is 0 Å². The third-order valence-electron chi connectivity index (χ3n) is 3.50. The van der Waals surface area contributed by atoms with Crippen LogP contribution >= 0.6 is 0 Å². The summed E-state index contributed by atoms with van der Waals surface area (Å²) in [5.74, 6) is 7.28. The first-order chi connectivity index (χ1) is 9.67. The van der Waals surface area contributed by atoms with E-state index in [2.05, 4.69) is 80.6 Å². The summed E-state index contributed by atoms with van der Waals surface area (Å²) in [4.78, 5) is 4.89. The van der Waals surface area contributed by atoms with Crippen LogP contribution in [-0.2, 0) is 6.42 Å². The van der Waals surface area contributed by atoms with Crippen LogP contribution in [0.2, 0.25) is 17.3 Å². The van der Waals surface area contributed by atoms with E-state index in [0.29, 0.717) is 5.41 Å². The Bertz CT molecular complexity index is 604. The molecule has 1 aromatic carbocycles. The number of rotatable bonds is 3. The van der Waals surface area contributed by atoms with Gasteiger partial charge in [-0.05, 0) is 0 Å². The zero-order chi connectivity index (χ0) is 15.7. The van der Waals surface area contributed by atoms with Gasteiger partial charge >= 0.3 is 132 Å². The van der Waals surface area contributed by atoms with Gasteiger partial charge in [-0.15, -0.1) is 0 Å². The van der Waals surface area contributed by atoms with Crippen molar-refractivity contribution in [1.82, 2.24) is 4.98 Å². The van der Waals surface area contributed by atoms with Crippen LogP contribution in [0.1, 0.15) is 26.3 Å². The molecule has 0 aliphatic carbocycles. The van der Waals surface area contributed by atoms with Gasteiger partial charge in [0.2, 0.25) is 0 Å². The summed E-state index contributed by atoms with van der Waals surface area (Å²) in [5, 5.41) is 0. The summed E-state index contributed by atoms with van der Waals surface area (Å²) in [6.45, 7) is 6.92. The summed E-state index contributed by atoms with van der Waals surface area (Å²) in [6.07, 6.45) is 3.16. The van der Waals surface area contributed by atoms with E-state index >= 15 is 0 Å². The molecule has 0 aliphatic heterocycles. The van der Waals surface area contributed by atoms with Crippen molar-refractivity contribution in [3.8, 4) is 11.1 Å². The van der Waals surface area contributed by atoms with Crippen molar-refractivity contribution in [2.75, 3.05) is 0 Å². The van der Waals surface area contributed by atoms with Crippen LogP contribution in [0.3, 0.4) is 0 Å². The van der Waals surface area contributed by atoms with Gasteiger partial charge in [-0.1, -0.05) is 0 Å². The molecule has 0 aliphatic rings. The Balaban J connectivity index is 2.52. The number of hydrogen-bond donors (Lipinski definition) is 0. The summed E-state index contributed by atoms with van der Waals surface area (Å²) < 4.78 is 1.41. The van der Waals surface area contributed by atoms with Crippen molar-refractivity contribution in [1.29, 1.82) is 0 Å². The van der Waals surface area contributed by atoms with Crippen LogP contribution in [0.5, 0.6) is 0 Å². The molecule has 112 valence electrons. The molecule has 0 radical (unpaired) electrons. The fraction of sp³-hybridized carbons (Fsp3) is 0.421. The van der Waals surface area contributed by atoms with Crippen molar-refractivity contribution in [3.63, 3.8) is 0 Å². The van der Waals surface area contributed by atoms with E-state index in [-0.39, 0.29) is 0 Å². The molecule has 0 bridgehead atoms. The maximum absolute atomic E-state index is 4.89. The molecule has 0 saturated carbocycles. The quantitative estimate of drug-likeness (QED) is 0.725. The van der Waals surface area contributed by atoms with Crippen molar-refractivity contribution in [2.24, 2.45) is 5.41 Å². The monoisotopic (exact) mass is 343 g/mol. The van der Waals surface area contributed by atoms with Crippen molar-refractivity contribution < 1.29 is 0 Å². The van der Waals surface area contributed by atoms with Gasteiger partial charge in [-0.2, -0.15) is 0 Å². The molecule has 21 heavy (non-hydrogen) atoms. The summed E-state index contributed by atoms with van der Waals surface area (Å²) >= 11 is -1.93. The molecule has 0 spiro atoms. The van der Waals surface area contributed by atoms with Gasteiger partial charge in [0.15, 0.2) is 0 Å². The average molecular weight is 342 g/mol. The summed E-state index contributed by atoms with van der Waals surface area (Å²) in [7, 11) is 0. The molecular weight excluding hydrogens is 315 g/mol. The Morgan fingerprint density at radius 1 is 0.952 bits per heavy atom. The zero-order valence-electron chi connectivity index (χ0n) is 14.2. The molecule has 0 saturated heterocycles. The molecule has 2 heteroatoms. The Morgan fingerprint density at radius 3 is 2.10 bits per heavy atom. The topological polar surface area (TPSA) is 12.9 Å². The van der Waals surface area contributed by atoms with Crippen LogP contribution in [0, 0.1) is 5.41 Å². The van der Waals surface area contributed by atoms with E-state index in [9.17, 15) is 0 Å². The van der Waals surface area contributed by atoms with E-state index in [4.69, 9.17) is 4.98 Å². The zero-order valence-corrected chi connectivity index (χ0v) is 16.3. The molecular formula is C19H27GeN. The number of pyridine rings is 1. The normalized spacial score (nSPS) is 12.5. The predicted octanol–water partition coefficient (Wildman–Crippen LogP) is 4.88. The van der Waals surface area contributed by atoms with E-state index in [1.54, 1.807) is 0 Å². The fourth-order valence-electron chi connectivity index (χ4n) is 2.68. The Kier molecular flexibility index (Phi) is 4.62. The van der Waals surface area contributed by atoms with Gasteiger partial charge in [0.1, 0.15) is 0 Å². The summed E-state index contributed by atoms with van der Waals surface area (Å²) in [6, 6.07) is 12.9. The SMILES string of the molecule is CC(C)(C)Cc1cc(-c2ccccc2)cn[c]1[Ge]([CH3])([CH3])[CH3]. The maximum atomic E-state index is 4.89. The number of aromatic nitrogens is 1. The predicted molar refractivity (Wildman–Crippen MR) is 95.8 cm³/mol. The van der Waals surface area contributed by atoms with Crippen molar-refractivity contribution >= 4 is 17.8 Å². The Labute approximate surface area is 132 Å². The minimum atomic E-state index is -1.93. The van der Waals surface area contributed by atoms with E-state index < -0.39 is 13.3 Å². The molecule has 0 unspecified atom stereocenters. The number of benzene rings is 1. The third kappa shape index (κ3) is 4.44. The molecule has 1 aromatic heterocycles. The van der Waals surface area contributed by atoms with Crippen LogP contribution in [0.15, 0.2) is 42.6 Å². The molecule has 2 rings (SSSR count). The minimum absolute atomic E-state index is 0.291. The first kappa shape index (κ1) is 16.3. The van der Waals surface area contributed by atoms with E-state index in [0.717, 1.165) is 6.42 Å². The van der Waals surface area contributed by atoms with Crippen LogP contribution in [0.25, 0.3) is 11.1 Å². The third-order valence-corrected chi connectivity index (χ3v) is 7.43. The Morgan fingerprint density at radius 2 is 1.57 bits per heavy atom. The Hall–Kier alpha value is -1.09. The van der Waals surface area contributed by atoms with E-state index in [1.165, 1.54) is 21.2 Å². The second-order valence-corrected chi connectivity index (χ2v) is 18.5. The molecule has 0 atom stereocenters. The van der Waals surface area contributed by atoms with Crippen LogP contribution in [0.4, 0.5) is 0 Å². The second kappa shape index (κ2) is 5.96. The van der Waals surface area contributed by atoms with E-state index in [1.807, 2.05) is 0 Å². The standard InChI is InChI=1S/C19H27GeN/c1-19(2,3)13-16-12-17(15-10-8-7-9-11-15)14-21-18(16)20(4,5)6/h7-12,14H,13H2,1-6H3. The molecule has 1 heterocycles. The molecule has 0 N–H and O–H groups in total. The van der Waals surface area contributed by atoms with Gasteiger partial charge in [-0.25, -0.2) is 0 Å². The average Bonchev–Trinajstić information content (AvgIpc) is 2.36. The second-order valence-electron chi connectivity index (χ2n) is 8.09. The molecule has 2 aromatic rings. The van der Waals surface area contributed by atoms with Crippen molar-refractivity contribution in [3.05, 3.63) is 48.2 Å². The number of nitrogens with zero attached hydrogens (tertiary/aromatic N) is 1. The van der Waals surface area contributed by atoms with Gasteiger partial charge in [0.25, 0.3) is 0 Å². The first-order valence-corrected chi connectivity index (χ1v) is 15.1. The van der Waals surface area contributed by atoms with Gasteiger partial charge in [-0.3, -0.25) is 0 Å². The van der Waals surface area contributed by atoms with Gasteiger partial charge < -0.3 is 0 Å². The van der Waals surface area contributed by atoms with Crippen LogP contribution < -0.4 is 4.53 Å². The molecule has 1 nitrogen and oxygen atoms in total. The molecule has 0 fully saturated rings. The van der Waals surface area contributed by atoms with Gasteiger partial charge in [0, 0.05) is 0 Å². The number of hydrogen-bond acceptors (Lipinski definition) is 1. The van der Waals surface area contributed by atoms with Crippen LogP contribution in [-0.4, -0.2) is 18.3 Å². The van der Waals surface area contributed by atoms with Crippen molar-refractivity contribution in [2.45, 2.75) is 44.5 Å². The fourth-order valence-corrected chi connectivity index (χ4v) is 5.99. The molecule has 0 amide bonds. The first-order valence-electron chi connectivity index (χ1n) is 7.72. The summed E-state index contributed by atoms with van der Waals surface area (Å²) in [5.41, 5.74) is 4.24.